The number of pyridine rings is 1. The normalized spacial score (nSPS) is 17.4. The molecule has 1 aliphatic heterocycles. The summed E-state index contributed by atoms with van der Waals surface area (Å²) in [4.78, 5) is 20.1. The maximum atomic E-state index is 13.5. The number of hydrogen-bond donors (Lipinski definition) is 0. The molecule has 1 fully saturated rings. The van der Waals surface area contributed by atoms with Crippen molar-refractivity contribution in [1.82, 2.24) is 9.88 Å². The number of amides is 1. The molecule has 1 atom stereocenters. The zero-order valence-corrected chi connectivity index (χ0v) is 15.9. The number of furan rings is 1. The van der Waals surface area contributed by atoms with Crippen LogP contribution < -0.4 is 0 Å². The average Bonchev–Trinajstić information content (AvgIpc) is 3.23. The van der Waals surface area contributed by atoms with Crippen LogP contribution in [0.2, 0.25) is 5.02 Å². The fourth-order valence-corrected chi connectivity index (χ4v) is 3.95. The van der Waals surface area contributed by atoms with E-state index in [1.54, 1.807) is 31.6 Å². The van der Waals surface area contributed by atoms with Gasteiger partial charge in [-0.1, -0.05) is 23.7 Å². The van der Waals surface area contributed by atoms with Gasteiger partial charge < -0.3 is 14.1 Å². The van der Waals surface area contributed by atoms with E-state index in [2.05, 4.69) is 4.98 Å². The van der Waals surface area contributed by atoms with Crippen LogP contribution in [0, 0.1) is 0 Å². The lowest BCUT2D eigenvalue weighted by atomic mass is 9.99. The zero-order valence-electron chi connectivity index (χ0n) is 15.2. The number of carbonyl (C=O) groups is 1. The molecular formula is C21H21ClN2O3. The standard InChI is InChI=1S/C21H21ClN2O3/c1-26-13-14-6-2-3-10-24(14)21(25)16-12-18(19-9-5-11-27-19)23-20-15(16)7-4-8-17(20)22/h4-5,7-9,11-12,14H,2-3,6,10,13H2,1H3/t14-/m1/s1. The Morgan fingerprint density at radius 3 is 3.00 bits per heavy atom. The molecule has 1 aromatic carbocycles. The van der Waals surface area contributed by atoms with Crippen molar-refractivity contribution in [3.63, 3.8) is 0 Å². The molecule has 4 rings (SSSR count). The summed E-state index contributed by atoms with van der Waals surface area (Å²) in [6, 6.07) is 11.0. The number of halogens is 1. The van der Waals surface area contributed by atoms with E-state index in [0.717, 1.165) is 31.2 Å². The van der Waals surface area contributed by atoms with Crippen LogP contribution in [0.5, 0.6) is 0 Å². The number of benzene rings is 1. The number of fused-ring (bicyclic) bond motifs is 1. The molecule has 1 saturated heterocycles. The molecule has 5 nitrogen and oxygen atoms in total. The third-order valence-electron chi connectivity index (χ3n) is 5.04. The van der Waals surface area contributed by atoms with E-state index in [1.807, 2.05) is 23.1 Å². The second kappa shape index (κ2) is 7.71. The summed E-state index contributed by atoms with van der Waals surface area (Å²) in [5.41, 5.74) is 1.80. The third kappa shape index (κ3) is 3.45. The molecule has 1 amide bonds. The summed E-state index contributed by atoms with van der Waals surface area (Å²) in [5.74, 6) is 0.595. The number of likely N-dealkylation sites (tertiary alicyclic amines) is 1. The van der Waals surface area contributed by atoms with E-state index in [-0.39, 0.29) is 11.9 Å². The average molecular weight is 385 g/mol. The number of carbonyl (C=O) groups excluding carboxylic acids is 1. The zero-order chi connectivity index (χ0) is 18.8. The number of ether oxygens (including phenoxy) is 1. The second-order valence-electron chi connectivity index (χ2n) is 6.77. The summed E-state index contributed by atoms with van der Waals surface area (Å²) < 4.78 is 10.8. The van der Waals surface area contributed by atoms with Crippen LogP contribution in [-0.4, -0.2) is 42.1 Å². The quantitative estimate of drug-likeness (QED) is 0.649. The first-order valence-electron chi connectivity index (χ1n) is 9.12. The van der Waals surface area contributed by atoms with Crippen molar-refractivity contribution in [1.29, 1.82) is 0 Å². The number of methoxy groups -OCH3 is 1. The van der Waals surface area contributed by atoms with Gasteiger partial charge in [0.2, 0.25) is 0 Å². The van der Waals surface area contributed by atoms with Crippen molar-refractivity contribution in [2.24, 2.45) is 0 Å². The molecule has 2 aromatic heterocycles. The van der Waals surface area contributed by atoms with Gasteiger partial charge in [-0.25, -0.2) is 4.98 Å². The van der Waals surface area contributed by atoms with Gasteiger partial charge in [-0.2, -0.15) is 0 Å². The van der Waals surface area contributed by atoms with Crippen LogP contribution in [0.4, 0.5) is 0 Å². The number of rotatable bonds is 4. The summed E-state index contributed by atoms with van der Waals surface area (Å²) >= 11 is 6.39. The lowest BCUT2D eigenvalue weighted by Crippen LogP contribution is -2.46. The summed E-state index contributed by atoms with van der Waals surface area (Å²) in [5, 5.41) is 1.27. The van der Waals surface area contributed by atoms with Gasteiger partial charge >= 0.3 is 0 Å². The Bertz CT molecular complexity index is 953. The van der Waals surface area contributed by atoms with E-state index < -0.39 is 0 Å². The minimum Gasteiger partial charge on any atom is -0.463 e. The predicted molar refractivity (Wildman–Crippen MR) is 105 cm³/mol. The Morgan fingerprint density at radius 2 is 2.22 bits per heavy atom. The van der Waals surface area contributed by atoms with Gasteiger partial charge in [0.1, 0.15) is 5.69 Å². The van der Waals surface area contributed by atoms with E-state index in [1.165, 1.54) is 0 Å². The van der Waals surface area contributed by atoms with Gasteiger partial charge in [0.15, 0.2) is 5.76 Å². The van der Waals surface area contributed by atoms with Gasteiger partial charge in [-0.3, -0.25) is 4.79 Å². The minimum absolute atomic E-state index is 0.0146. The molecule has 3 heterocycles. The number of para-hydroxylation sites is 1. The highest BCUT2D eigenvalue weighted by molar-refractivity contribution is 6.35. The molecule has 6 heteroatoms. The second-order valence-corrected chi connectivity index (χ2v) is 7.18. The van der Waals surface area contributed by atoms with Crippen molar-refractivity contribution < 1.29 is 13.9 Å². The first-order valence-corrected chi connectivity index (χ1v) is 9.50. The highest BCUT2D eigenvalue weighted by Gasteiger charge is 2.29. The molecule has 140 valence electrons. The van der Waals surface area contributed by atoms with Gasteiger partial charge in [0.25, 0.3) is 5.91 Å². The smallest absolute Gasteiger partial charge is 0.254 e. The molecule has 0 N–H and O–H groups in total. The Morgan fingerprint density at radius 1 is 1.33 bits per heavy atom. The van der Waals surface area contributed by atoms with Gasteiger partial charge in [-0.05, 0) is 43.5 Å². The fraction of sp³-hybridized carbons (Fsp3) is 0.333. The number of aromatic nitrogens is 1. The van der Waals surface area contributed by atoms with Crippen LogP contribution in [0.25, 0.3) is 22.4 Å². The highest BCUT2D eigenvalue weighted by atomic mass is 35.5. The van der Waals surface area contributed by atoms with Crippen LogP contribution in [-0.2, 0) is 4.74 Å². The van der Waals surface area contributed by atoms with E-state index in [0.29, 0.717) is 34.2 Å². The maximum absolute atomic E-state index is 13.5. The Balaban J connectivity index is 1.84. The lowest BCUT2D eigenvalue weighted by Gasteiger charge is -2.35. The number of nitrogens with zero attached hydrogens (tertiary/aromatic N) is 2. The Hall–Kier alpha value is -2.37. The Kier molecular flexibility index (Phi) is 5.14. The summed E-state index contributed by atoms with van der Waals surface area (Å²) in [6.07, 6.45) is 4.65. The maximum Gasteiger partial charge on any atom is 0.254 e. The molecule has 0 saturated carbocycles. The fourth-order valence-electron chi connectivity index (χ4n) is 3.73. The van der Waals surface area contributed by atoms with Crippen molar-refractivity contribution in [3.05, 3.63) is 53.2 Å². The van der Waals surface area contributed by atoms with E-state index in [9.17, 15) is 4.79 Å². The van der Waals surface area contributed by atoms with Crippen LogP contribution in [0.15, 0.2) is 47.1 Å². The molecule has 0 spiro atoms. The largest absolute Gasteiger partial charge is 0.463 e. The van der Waals surface area contributed by atoms with Gasteiger partial charge in [0, 0.05) is 19.0 Å². The predicted octanol–water partition coefficient (Wildman–Crippen LogP) is 4.79. The number of piperidine rings is 1. The van der Waals surface area contributed by atoms with E-state index >= 15 is 0 Å². The summed E-state index contributed by atoms with van der Waals surface area (Å²) in [6.45, 7) is 1.27. The molecule has 0 aliphatic carbocycles. The Labute approximate surface area is 162 Å². The van der Waals surface area contributed by atoms with Gasteiger partial charge in [0.05, 0.1) is 35.0 Å². The van der Waals surface area contributed by atoms with Gasteiger partial charge in [-0.15, -0.1) is 0 Å². The lowest BCUT2D eigenvalue weighted by molar-refractivity contribution is 0.0430. The van der Waals surface area contributed by atoms with Crippen molar-refractivity contribution in [2.45, 2.75) is 25.3 Å². The van der Waals surface area contributed by atoms with Crippen molar-refractivity contribution >= 4 is 28.4 Å². The molecular weight excluding hydrogens is 364 g/mol. The molecule has 0 unspecified atom stereocenters. The minimum atomic E-state index is -0.0146. The van der Waals surface area contributed by atoms with Crippen LogP contribution in [0.3, 0.4) is 0 Å². The highest BCUT2D eigenvalue weighted by Crippen LogP contribution is 2.31. The molecule has 27 heavy (non-hydrogen) atoms. The SMILES string of the molecule is COC[C@H]1CCCCN1C(=O)c1cc(-c2ccco2)nc2c(Cl)cccc12. The third-order valence-corrected chi connectivity index (χ3v) is 5.35. The first kappa shape index (κ1) is 18.0. The van der Waals surface area contributed by atoms with Crippen LogP contribution in [0.1, 0.15) is 29.6 Å². The van der Waals surface area contributed by atoms with Crippen molar-refractivity contribution in [2.75, 3.05) is 20.3 Å². The molecule has 1 aliphatic rings. The monoisotopic (exact) mass is 384 g/mol. The molecule has 0 radical (unpaired) electrons. The van der Waals surface area contributed by atoms with E-state index in [4.69, 9.17) is 20.8 Å². The number of hydrogen-bond acceptors (Lipinski definition) is 4. The summed E-state index contributed by atoms with van der Waals surface area (Å²) in [7, 11) is 1.67. The molecule has 3 aromatic rings. The molecule has 0 bridgehead atoms. The van der Waals surface area contributed by atoms with Crippen molar-refractivity contribution in [3.8, 4) is 11.5 Å². The topological polar surface area (TPSA) is 55.6 Å². The first-order chi connectivity index (χ1) is 13.2. The van der Waals surface area contributed by atoms with Crippen LogP contribution >= 0.6 is 11.6 Å².